The Morgan fingerprint density at radius 3 is 2.67 bits per heavy atom. The molecule has 24 heavy (non-hydrogen) atoms. The molecule has 0 saturated carbocycles. The van der Waals surface area contributed by atoms with E-state index in [0.29, 0.717) is 22.6 Å². The van der Waals surface area contributed by atoms with Gasteiger partial charge in [0.2, 0.25) is 5.91 Å². The average molecular weight is 327 g/mol. The van der Waals surface area contributed by atoms with Gasteiger partial charge in [-0.05, 0) is 43.7 Å². The van der Waals surface area contributed by atoms with Gasteiger partial charge in [0.15, 0.2) is 5.54 Å². The molecule has 0 radical (unpaired) electrons. The summed E-state index contributed by atoms with van der Waals surface area (Å²) >= 11 is 0. The number of aryl methyl sites for hydroxylation is 1. The third-order valence-corrected chi connectivity index (χ3v) is 4.06. The smallest absolute Gasteiger partial charge is 0.325 e. The summed E-state index contributed by atoms with van der Waals surface area (Å²) in [6, 6.07) is 9.41. The Morgan fingerprint density at radius 2 is 2.04 bits per heavy atom. The first-order valence-electron chi connectivity index (χ1n) is 7.41. The first-order chi connectivity index (χ1) is 11.3. The fourth-order valence-electron chi connectivity index (χ4n) is 2.72. The molecule has 1 aliphatic heterocycles. The summed E-state index contributed by atoms with van der Waals surface area (Å²) in [5, 5.41) is 2.67. The standard InChI is InChI=1S/C17H17N3O4/c1-10-6-7-13(24-10)17(2)15(22)20(16(23)19-17)9-11-4-3-5-12(8-11)14(18)21/h3-8H,9H2,1-2H3,(H2,18,21)(H,19,23)/t17-/m1/s1. The lowest BCUT2D eigenvalue weighted by molar-refractivity contribution is -0.132. The predicted octanol–water partition coefficient (Wildman–Crippen LogP) is 1.65. The van der Waals surface area contributed by atoms with Crippen molar-refractivity contribution in [2.75, 3.05) is 0 Å². The van der Waals surface area contributed by atoms with Crippen molar-refractivity contribution in [2.24, 2.45) is 5.73 Å². The van der Waals surface area contributed by atoms with Crippen LogP contribution in [-0.4, -0.2) is 22.7 Å². The maximum absolute atomic E-state index is 12.8. The van der Waals surface area contributed by atoms with E-state index in [1.54, 1.807) is 50.2 Å². The lowest BCUT2D eigenvalue weighted by atomic mass is 9.99. The van der Waals surface area contributed by atoms with Gasteiger partial charge < -0.3 is 15.5 Å². The number of hydrogen-bond acceptors (Lipinski definition) is 4. The molecule has 0 spiro atoms. The summed E-state index contributed by atoms with van der Waals surface area (Å²) in [6.45, 7) is 3.41. The number of hydrogen-bond donors (Lipinski definition) is 2. The van der Waals surface area contributed by atoms with E-state index in [1.807, 2.05) is 0 Å². The summed E-state index contributed by atoms with van der Waals surface area (Å²) < 4.78 is 5.51. The van der Waals surface area contributed by atoms with Crippen LogP contribution in [0.5, 0.6) is 0 Å². The summed E-state index contributed by atoms with van der Waals surface area (Å²) in [4.78, 5) is 37.4. The molecule has 1 fully saturated rings. The van der Waals surface area contributed by atoms with Gasteiger partial charge in [0, 0.05) is 5.56 Å². The predicted molar refractivity (Wildman–Crippen MR) is 84.8 cm³/mol. The highest BCUT2D eigenvalue weighted by molar-refractivity contribution is 6.06. The van der Waals surface area contributed by atoms with E-state index in [-0.39, 0.29) is 6.54 Å². The molecule has 7 nitrogen and oxygen atoms in total. The largest absolute Gasteiger partial charge is 0.463 e. The summed E-state index contributed by atoms with van der Waals surface area (Å²) in [5.41, 5.74) is 4.97. The molecular formula is C17H17N3O4. The number of amides is 4. The van der Waals surface area contributed by atoms with E-state index < -0.39 is 23.4 Å². The Balaban J connectivity index is 1.87. The molecule has 1 aromatic heterocycles. The van der Waals surface area contributed by atoms with Crippen LogP contribution in [0.25, 0.3) is 0 Å². The van der Waals surface area contributed by atoms with Gasteiger partial charge in [0.25, 0.3) is 5.91 Å². The Labute approximate surface area is 138 Å². The fraction of sp³-hybridized carbons (Fsp3) is 0.235. The highest BCUT2D eigenvalue weighted by Gasteiger charge is 2.51. The van der Waals surface area contributed by atoms with E-state index in [1.165, 1.54) is 0 Å². The summed E-state index contributed by atoms with van der Waals surface area (Å²) in [7, 11) is 0. The Morgan fingerprint density at radius 1 is 1.29 bits per heavy atom. The number of benzene rings is 1. The summed E-state index contributed by atoms with van der Waals surface area (Å²) in [6.07, 6.45) is 0. The van der Waals surface area contributed by atoms with Crippen LogP contribution < -0.4 is 11.1 Å². The maximum atomic E-state index is 12.8. The molecule has 1 aromatic carbocycles. The first-order valence-corrected chi connectivity index (χ1v) is 7.41. The van der Waals surface area contributed by atoms with Gasteiger partial charge >= 0.3 is 6.03 Å². The van der Waals surface area contributed by atoms with Gasteiger partial charge in [-0.2, -0.15) is 0 Å². The SMILES string of the molecule is Cc1ccc([C@@]2(C)NC(=O)N(Cc3cccc(C(N)=O)c3)C2=O)o1. The molecule has 2 aromatic rings. The maximum Gasteiger partial charge on any atom is 0.325 e. The quantitative estimate of drug-likeness (QED) is 0.833. The molecule has 0 aliphatic carbocycles. The highest BCUT2D eigenvalue weighted by atomic mass is 16.3. The van der Waals surface area contributed by atoms with Gasteiger partial charge in [-0.15, -0.1) is 0 Å². The zero-order chi connectivity index (χ0) is 17.5. The lowest BCUT2D eigenvalue weighted by Crippen LogP contribution is -2.40. The van der Waals surface area contributed by atoms with Crippen LogP contribution in [-0.2, 0) is 16.9 Å². The van der Waals surface area contributed by atoms with E-state index in [4.69, 9.17) is 10.2 Å². The lowest BCUT2D eigenvalue weighted by Gasteiger charge is -2.19. The number of rotatable bonds is 4. The average Bonchev–Trinajstić information content (AvgIpc) is 3.06. The van der Waals surface area contributed by atoms with E-state index in [0.717, 1.165) is 4.90 Å². The molecule has 124 valence electrons. The normalized spacial score (nSPS) is 20.3. The van der Waals surface area contributed by atoms with Crippen molar-refractivity contribution in [1.82, 2.24) is 10.2 Å². The zero-order valence-corrected chi connectivity index (χ0v) is 13.3. The van der Waals surface area contributed by atoms with Crippen molar-refractivity contribution in [3.05, 3.63) is 59.0 Å². The van der Waals surface area contributed by atoms with E-state index in [9.17, 15) is 14.4 Å². The molecule has 0 bridgehead atoms. The van der Waals surface area contributed by atoms with Crippen LogP contribution in [0, 0.1) is 6.92 Å². The van der Waals surface area contributed by atoms with Crippen LogP contribution in [0.2, 0.25) is 0 Å². The second-order valence-electron chi connectivity index (χ2n) is 5.92. The third kappa shape index (κ3) is 2.54. The number of nitrogens with zero attached hydrogens (tertiary/aromatic N) is 1. The number of carbonyl (C=O) groups is 3. The number of imide groups is 1. The second kappa shape index (κ2) is 5.52. The minimum Gasteiger partial charge on any atom is -0.463 e. The minimum atomic E-state index is -1.24. The molecule has 4 amide bonds. The number of nitrogens with two attached hydrogens (primary N) is 1. The van der Waals surface area contributed by atoms with Crippen LogP contribution >= 0.6 is 0 Å². The van der Waals surface area contributed by atoms with Gasteiger partial charge in [0.05, 0.1) is 6.54 Å². The molecule has 1 saturated heterocycles. The summed E-state index contributed by atoms with van der Waals surface area (Å²) in [5.74, 6) is 0.0592. The van der Waals surface area contributed by atoms with Crippen LogP contribution in [0.3, 0.4) is 0 Å². The van der Waals surface area contributed by atoms with Gasteiger partial charge in [-0.25, -0.2) is 4.79 Å². The zero-order valence-electron chi connectivity index (χ0n) is 13.3. The molecule has 1 atom stereocenters. The van der Waals surface area contributed by atoms with Crippen molar-refractivity contribution in [3.8, 4) is 0 Å². The molecule has 3 N–H and O–H groups in total. The number of nitrogens with one attached hydrogen (secondary N) is 1. The second-order valence-corrected chi connectivity index (χ2v) is 5.92. The first kappa shape index (κ1) is 15.8. The van der Waals surface area contributed by atoms with Crippen molar-refractivity contribution in [3.63, 3.8) is 0 Å². The number of primary amides is 1. The Bertz CT molecular complexity index is 842. The van der Waals surface area contributed by atoms with Crippen LogP contribution in [0.4, 0.5) is 4.79 Å². The molecule has 2 heterocycles. The van der Waals surface area contributed by atoms with Crippen molar-refractivity contribution in [1.29, 1.82) is 0 Å². The Hall–Kier alpha value is -3.09. The van der Waals surface area contributed by atoms with Crippen LogP contribution in [0.1, 0.15) is 34.4 Å². The van der Waals surface area contributed by atoms with Crippen molar-refractivity contribution < 1.29 is 18.8 Å². The number of furan rings is 1. The van der Waals surface area contributed by atoms with Crippen molar-refractivity contribution >= 4 is 17.8 Å². The molecular weight excluding hydrogens is 310 g/mol. The number of urea groups is 1. The van der Waals surface area contributed by atoms with Crippen molar-refractivity contribution in [2.45, 2.75) is 25.9 Å². The van der Waals surface area contributed by atoms with Gasteiger partial charge in [-0.1, -0.05) is 12.1 Å². The highest BCUT2D eigenvalue weighted by Crippen LogP contribution is 2.31. The molecule has 7 heteroatoms. The van der Waals surface area contributed by atoms with E-state index in [2.05, 4.69) is 5.32 Å². The van der Waals surface area contributed by atoms with Gasteiger partial charge in [-0.3, -0.25) is 14.5 Å². The van der Waals surface area contributed by atoms with Gasteiger partial charge in [0.1, 0.15) is 11.5 Å². The third-order valence-electron chi connectivity index (χ3n) is 4.06. The molecule has 0 unspecified atom stereocenters. The number of carbonyl (C=O) groups excluding carboxylic acids is 3. The fourth-order valence-corrected chi connectivity index (χ4v) is 2.72. The topological polar surface area (TPSA) is 106 Å². The monoisotopic (exact) mass is 327 g/mol. The molecule has 3 rings (SSSR count). The minimum absolute atomic E-state index is 0.0427. The van der Waals surface area contributed by atoms with E-state index >= 15 is 0 Å². The van der Waals surface area contributed by atoms with Crippen LogP contribution in [0.15, 0.2) is 40.8 Å². The molecule has 1 aliphatic rings. The Kier molecular flexibility index (Phi) is 3.63.